The van der Waals surface area contributed by atoms with Crippen molar-refractivity contribution in [3.8, 4) is 0 Å². The minimum Gasteiger partial charge on any atom is -0.367 e. The van der Waals surface area contributed by atoms with Crippen molar-refractivity contribution in [3.05, 3.63) is 42.0 Å². The maximum atomic E-state index is 11.5. The van der Waals surface area contributed by atoms with Gasteiger partial charge in [0, 0.05) is 23.8 Å². The molecule has 1 aromatic carbocycles. The van der Waals surface area contributed by atoms with Gasteiger partial charge in [0.05, 0.1) is 0 Å². The predicted molar refractivity (Wildman–Crippen MR) is 128 cm³/mol. The summed E-state index contributed by atoms with van der Waals surface area (Å²) in [4.78, 5) is 21.2. The summed E-state index contributed by atoms with van der Waals surface area (Å²) in [5.41, 5.74) is 8.99. The van der Waals surface area contributed by atoms with Gasteiger partial charge in [-0.05, 0) is 68.1 Å². The third-order valence-corrected chi connectivity index (χ3v) is 5.48. The summed E-state index contributed by atoms with van der Waals surface area (Å²) in [6.07, 6.45) is 0.823. The highest BCUT2D eigenvalue weighted by Gasteiger charge is 2.19. The maximum absolute atomic E-state index is 11.5. The number of imidazole rings is 1. The number of hydrogen-bond acceptors (Lipinski definition) is 6. The third-order valence-electron chi connectivity index (χ3n) is 5.48. The summed E-state index contributed by atoms with van der Waals surface area (Å²) in [5.74, 6) is 2.61. The number of aryl methyl sites for hydroxylation is 1. The lowest BCUT2D eigenvalue weighted by Gasteiger charge is -2.26. The fourth-order valence-electron chi connectivity index (χ4n) is 3.83. The first kappa shape index (κ1) is 22.7. The van der Waals surface area contributed by atoms with E-state index < -0.39 is 0 Å². The van der Waals surface area contributed by atoms with Gasteiger partial charge in [0.1, 0.15) is 11.3 Å². The molecule has 0 saturated heterocycles. The van der Waals surface area contributed by atoms with Crippen molar-refractivity contribution in [2.45, 2.75) is 53.6 Å². The second kappa shape index (κ2) is 9.92. The molecule has 0 aliphatic rings. The molecule has 31 heavy (non-hydrogen) atoms. The molecular formula is C24H34N6O. The van der Waals surface area contributed by atoms with E-state index in [2.05, 4.69) is 42.9 Å². The number of benzene rings is 1. The van der Waals surface area contributed by atoms with E-state index in [0.717, 1.165) is 35.6 Å². The Balaban J connectivity index is 1.94. The summed E-state index contributed by atoms with van der Waals surface area (Å²) in [7, 11) is 0. The molecule has 0 aliphatic heterocycles. The average molecular weight is 423 g/mol. The molecule has 0 spiro atoms. The lowest BCUT2D eigenvalue weighted by atomic mass is 9.93. The normalized spacial score (nSPS) is 11.6. The lowest BCUT2D eigenvalue weighted by molar-refractivity contribution is 0.101. The molecular weight excluding hydrogens is 388 g/mol. The molecule has 0 atom stereocenters. The third kappa shape index (κ3) is 5.41. The Hall–Kier alpha value is -2.93. The molecule has 3 aromatic rings. The Bertz CT molecular complexity index is 1010. The van der Waals surface area contributed by atoms with E-state index in [1.807, 2.05) is 36.4 Å². The average Bonchev–Trinajstić information content (AvgIpc) is 3.06. The molecule has 0 bridgehead atoms. The molecule has 0 unspecified atom stereocenters. The zero-order chi connectivity index (χ0) is 22.5. The first-order valence-corrected chi connectivity index (χ1v) is 11.0. The van der Waals surface area contributed by atoms with Crippen LogP contribution in [-0.2, 0) is 6.54 Å². The lowest BCUT2D eigenvalue weighted by Crippen LogP contribution is -2.31. The van der Waals surface area contributed by atoms with Gasteiger partial charge in [-0.1, -0.05) is 27.7 Å². The van der Waals surface area contributed by atoms with Crippen LogP contribution in [0.4, 0.5) is 17.5 Å². The topological polar surface area (TPSA) is 97.9 Å². The minimum atomic E-state index is 0.0482. The van der Waals surface area contributed by atoms with Crippen LogP contribution in [-0.4, -0.2) is 32.9 Å². The molecule has 7 heteroatoms. The van der Waals surface area contributed by atoms with Gasteiger partial charge in [-0.3, -0.25) is 9.36 Å². The highest BCUT2D eigenvalue weighted by molar-refractivity contribution is 5.94. The molecule has 0 fully saturated rings. The summed E-state index contributed by atoms with van der Waals surface area (Å²) in [6.45, 7) is 11.8. The van der Waals surface area contributed by atoms with Crippen LogP contribution in [0.1, 0.15) is 51.4 Å². The number of carbonyl (C=O) groups excluding carboxylic acids is 1. The molecule has 166 valence electrons. The molecule has 3 rings (SSSR count). The number of ketones is 1. The monoisotopic (exact) mass is 422 g/mol. The number of hydrogen-bond donors (Lipinski definition) is 3. The van der Waals surface area contributed by atoms with Crippen LogP contribution >= 0.6 is 0 Å². The van der Waals surface area contributed by atoms with Gasteiger partial charge in [-0.2, -0.15) is 0 Å². The second-order valence-corrected chi connectivity index (χ2v) is 8.69. The van der Waals surface area contributed by atoms with Crippen molar-refractivity contribution in [1.82, 2.24) is 14.5 Å². The summed E-state index contributed by atoms with van der Waals surface area (Å²) < 4.78 is 2.08. The number of aromatic nitrogens is 3. The van der Waals surface area contributed by atoms with E-state index in [-0.39, 0.29) is 5.78 Å². The predicted octanol–water partition coefficient (Wildman–Crippen LogP) is 4.82. The van der Waals surface area contributed by atoms with Crippen LogP contribution in [0, 0.1) is 11.8 Å². The van der Waals surface area contributed by atoms with E-state index >= 15 is 0 Å². The van der Waals surface area contributed by atoms with Gasteiger partial charge in [-0.15, -0.1) is 0 Å². The van der Waals surface area contributed by atoms with Crippen molar-refractivity contribution in [2.75, 3.05) is 17.2 Å². The van der Waals surface area contributed by atoms with E-state index in [1.54, 1.807) is 6.92 Å². The van der Waals surface area contributed by atoms with Gasteiger partial charge in [0.2, 0.25) is 5.95 Å². The van der Waals surface area contributed by atoms with Gasteiger partial charge < -0.3 is 16.4 Å². The van der Waals surface area contributed by atoms with Crippen molar-refractivity contribution in [2.24, 2.45) is 17.6 Å². The molecule has 0 saturated carbocycles. The summed E-state index contributed by atoms with van der Waals surface area (Å²) >= 11 is 0. The zero-order valence-corrected chi connectivity index (χ0v) is 19.1. The molecule has 7 nitrogen and oxygen atoms in total. The van der Waals surface area contributed by atoms with Gasteiger partial charge in [0.25, 0.3) is 0 Å². The molecule has 4 N–H and O–H groups in total. The summed E-state index contributed by atoms with van der Waals surface area (Å²) in [5, 5.41) is 6.97. The fourth-order valence-corrected chi connectivity index (χ4v) is 3.83. The van der Waals surface area contributed by atoms with Crippen LogP contribution in [0.15, 0.2) is 36.4 Å². The van der Waals surface area contributed by atoms with Gasteiger partial charge >= 0.3 is 0 Å². The Labute approximate surface area is 184 Å². The van der Waals surface area contributed by atoms with Gasteiger partial charge in [-0.25, -0.2) is 9.97 Å². The minimum absolute atomic E-state index is 0.0482. The highest BCUT2D eigenvalue weighted by atomic mass is 16.1. The van der Waals surface area contributed by atoms with Crippen LogP contribution in [0.5, 0.6) is 0 Å². The Kier molecular flexibility index (Phi) is 7.28. The largest absolute Gasteiger partial charge is 0.367 e. The van der Waals surface area contributed by atoms with E-state index in [1.165, 1.54) is 0 Å². The standard InChI is InChI=1S/C24H34N6O/c1-15(2)22(16(3)4)28-21-12-11-20-23(29-21)30(14-6-13-25)24(27-20)26-19-9-7-18(8-10-19)17(5)31/h7-12,15-16,22H,6,13-14,25H2,1-5H3,(H,26,27)(H,28,29). The zero-order valence-electron chi connectivity index (χ0n) is 19.1. The van der Waals surface area contributed by atoms with Crippen molar-refractivity contribution < 1.29 is 4.79 Å². The second-order valence-electron chi connectivity index (χ2n) is 8.69. The molecule has 0 radical (unpaired) electrons. The molecule has 0 amide bonds. The van der Waals surface area contributed by atoms with Crippen molar-refractivity contribution >= 4 is 34.4 Å². The SMILES string of the molecule is CC(=O)c1ccc(Nc2nc3ccc(NC(C(C)C)C(C)C)nc3n2CCCN)cc1. The number of fused-ring (bicyclic) bond motifs is 1. The van der Waals surface area contributed by atoms with Crippen LogP contribution in [0.25, 0.3) is 11.2 Å². The molecule has 2 aromatic heterocycles. The highest BCUT2D eigenvalue weighted by Crippen LogP contribution is 2.25. The number of nitrogens with one attached hydrogen (secondary N) is 2. The number of nitrogens with two attached hydrogens (primary N) is 1. The van der Waals surface area contributed by atoms with Crippen molar-refractivity contribution in [3.63, 3.8) is 0 Å². The van der Waals surface area contributed by atoms with E-state index in [0.29, 0.717) is 35.9 Å². The number of carbonyl (C=O) groups is 1. The first-order valence-electron chi connectivity index (χ1n) is 11.0. The van der Waals surface area contributed by atoms with Gasteiger partial charge in [0.15, 0.2) is 11.4 Å². The molecule has 0 aliphatic carbocycles. The van der Waals surface area contributed by atoms with E-state index in [4.69, 9.17) is 15.7 Å². The van der Waals surface area contributed by atoms with E-state index in [9.17, 15) is 4.79 Å². The van der Waals surface area contributed by atoms with Crippen molar-refractivity contribution in [1.29, 1.82) is 0 Å². The maximum Gasteiger partial charge on any atom is 0.209 e. The van der Waals surface area contributed by atoms with Crippen LogP contribution in [0.3, 0.4) is 0 Å². The number of anilines is 3. The van der Waals surface area contributed by atoms with Crippen LogP contribution < -0.4 is 16.4 Å². The number of rotatable bonds is 10. The molecule has 2 heterocycles. The Morgan fingerprint density at radius 3 is 2.29 bits per heavy atom. The number of Topliss-reactive ketones (excluding diaryl/α,β-unsaturated/α-hetero) is 1. The smallest absolute Gasteiger partial charge is 0.209 e. The Morgan fingerprint density at radius 1 is 1.03 bits per heavy atom. The summed E-state index contributed by atoms with van der Waals surface area (Å²) in [6, 6.07) is 11.7. The van der Waals surface area contributed by atoms with Crippen LogP contribution in [0.2, 0.25) is 0 Å². The first-order chi connectivity index (χ1) is 14.8. The fraction of sp³-hybridized carbons (Fsp3) is 0.458. The number of nitrogens with zero attached hydrogens (tertiary/aromatic N) is 3. The quantitative estimate of drug-likeness (QED) is 0.405. The number of pyridine rings is 1. The Morgan fingerprint density at radius 2 is 1.71 bits per heavy atom.